The molecule has 2 nitrogen and oxygen atoms in total. The average molecular weight is 304 g/mol. The van der Waals surface area contributed by atoms with Gasteiger partial charge in [-0.3, -0.25) is 4.79 Å². The lowest BCUT2D eigenvalue weighted by molar-refractivity contribution is -0.141. The minimum Gasteiger partial charge on any atom is -0.315 e. The first-order valence-corrected chi connectivity index (χ1v) is 8.40. The molecular weight excluding hydrogens is 282 g/mol. The van der Waals surface area contributed by atoms with E-state index in [0.29, 0.717) is 11.8 Å². The van der Waals surface area contributed by atoms with Crippen molar-refractivity contribution >= 4 is 23.2 Å². The van der Waals surface area contributed by atoms with Gasteiger partial charge in [-0.2, -0.15) is 0 Å². The Morgan fingerprint density at radius 1 is 1.14 bits per heavy atom. The van der Waals surface area contributed by atoms with Crippen molar-refractivity contribution in [1.82, 2.24) is 0 Å². The quantitative estimate of drug-likeness (QED) is 0.749. The molecule has 0 saturated heterocycles. The highest BCUT2D eigenvalue weighted by atomic mass is 35.5. The van der Waals surface area contributed by atoms with Gasteiger partial charge in [0.15, 0.2) is 0 Å². The summed E-state index contributed by atoms with van der Waals surface area (Å²) in [5.41, 5.74) is 0.790. The molecule has 0 aromatic heterocycles. The molecule has 4 fully saturated rings. The summed E-state index contributed by atoms with van der Waals surface area (Å²) in [4.78, 5) is 15.0. The van der Waals surface area contributed by atoms with E-state index in [9.17, 15) is 4.79 Å². The summed E-state index contributed by atoms with van der Waals surface area (Å²) in [5, 5.41) is 0. The van der Waals surface area contributed by atoms with Crippen LogP contribution in [0, 0.1) is 17.3 Å². The molecule has 0 spiro atoms. The summed E-state index contributed by atoms with van der Waals surface area (Å²) in [6, 6.07) is 9.98. The molecular formula is C18H22ClNO. The van der Waals surface area contributed by atoms with Crippen LogP contribution in [0.3, 0.4) is 0 Å². The van der Waals surface area contributed by atoms with Gasteiger partial charge >= 0.3 is 0 Å². The normalized spacial score (nSPS) is 40.3. The largest absolute Gasteiger partial charge is 0.315 e. The van der Waals surface area contributed by atoms with Crippen LogP contribution < -0.4 is 4.90 Å². The predicted molar refractivity (Wildman–Crippen MR) is 85.6 cm³/mol. The molecule has 4 bridgehead atoms. The van der Waals surface area contributed by atoms with E-state index in [1.165, 1.54) is 6.42 Å². The van der Waals surface area contributed by atoms with Crippen molar-refractivity contribution in [2.24, 2.45) is 17.3 Å². The van der Waals surface area contributed by atoms with Crippen LogP contribution in [-0.4, -0.2) is 17.8 Å². The molecule has 4 saturated carbocycles. The Morgan fingerprint density at radius 2 is 1.76 bits per heavy atom. The van der Waals surface area contributed by atoms with Crippen LogP contribution in [0.2, 0.25) is 0 Å². The summed E-state index contributed by atoms with van der Waals surface area (Å²) in [6.45, 7) is 0. The zero-order chi connectivity index (χ0) is 14.7. The lowest BCUT2D eigenvalue weighted by atomic mass is 9.49. The molecule has 1 aromatic rings. The molecule has 21 heavy (non-hydrogen) atoms. The Morgan fingerprint density at radius 3 is 2.33 bits per heavy atom. The SMILES string of the molecule is CN(C(=O)C12C[C@H]3C[C@@H](CC(Cl)(C3)C1)C2)c1ccccc1. The van der Waals surface area contributed by atoms with Gasteiger partial charge in [-0.1, -0.05) is 18.2 Å². The summed E-state index contributed by atoms with van der Waals surface area (Å²) in [5.74, 6) is 1.61. The number of carbonyl (C=O) groups excluding carboxylic acids is 1. The second kappa shape index (κ2) is 4.49. The Labute approximate surface area is 131 Å². The van der Waals surface area contributed by atoms with Crippen LogP contribution in [0.1, 0.15) is 38.5 Å². The molecule has 0 aliphatic heterocycles. The van der Waals surface area contributed by atoms with Gasteiger partial charge in [0.1, 0.15) is 0 Å². The Balaban J connectivity index is 1.65. The molecule has 1 aromatic carbocycles. The molecule has 112 valence electrons. The van der Waals surface area contributed by atoms with Crippen molar-refractivity contribution < 1.29 is 4.79 Å². The summed E-state index contributed by atoms with van der Waals surface area (Å²) >= 11 is 6.84. The van der Waals surface area contributed by atoms with Gasteiger partial charge in [0.05, 0.1) is 5.41 Å². The number of para-hydroxylation sites is 1. The number of halogens is 1. The number of nitrogens with zero attached hydrogens (tertiary/aromatic N) is 1. The van der Waals surface area contributed by atoms with Crippen LogP contribution >= 0.6 is 11.6 Å². The van der Waals surface area contributed by atoms with Crippen molar-refractivity contribution in [3.05, 3.63) is 30.3 Å². The second-order valence-corrected chi connectivity index (χ2v) is 8.39. The van der Waals surface area contributed by atoms with Gasteiger partial charge in [0, 0.05) is 17.6 Å². The van der Waals surface area contributed by atoms with Crippen molar-refractivity contribution in [3.63, 3.8) is 0 Å². The topological polar surface area (TPSA) is 20.3 Å². The van der Waals surface area contributed by atoms with Gasteiger partial charge in [0.2, 0.25) is 5.91 Å². The maximum absolute atomic E-state index is 13.2. The molecule has 0 heterocycles. The number of anilines is 1. The molecule has 2 atom stereocenters. The number of amides is 1. The third-order valence-corrected chi connectivity index (χ3v) is 6.33. The summed E-state index contributed by atoms with van der Waals surface area (Å²) < 4.78 is 0. The number of alkyl halides is 1. The first kappa shape index (κ1) is 13.6. The zero-order valence-electron chi connectivity index (χ0n) is 12.5. The highest BCUT2D eigenvalue weighted by Crippen LogP contribution is 2.64. The van der Waals surface area contributed by atoms with E-state index in [1.54, 1.807) is 0 Å². The average Bonchev–Trinajstić information content (AvgIpc) is 2.44. The summed E-state index contributed by atoms with van der Waals surface area (Å²) in [6.07, 6.45) is 6.51. The van der Waals surface area contributed by atoms with Crippen LogP contribution in [0.25, 0.3) is 0 Å². The fourth-order valence-corrected chi connectivity index (χ4v) is 6.22. The fraction of sp³-hybridized carbons (Fsp3) is 0.611. The van der Waals surface area contributed by atoms with Crippen molar-refractivity contribution in [2.75, 3.05) is 11.9 Å². The molecule has 4 aliphatic carbocycles. The highest BCUT2D eigenvalue weighted by molar-refractivity contribution is 6.24. The van der Waals surface area contributed by atoms with E-state index < -0.39 is 0 Å². The Kier molecular flexibility index (Phi) is 2.91. The minimum atomic E-state index is -0.198. The first-order valence-electron chi connectivity index (χ1n) is 8.02. The van der Waals surface area contributed by atoms with Crippen LogP contribution in [-0.2, 0) is 4.79 Å². The standard InChI is InChI=1S/C18H22ClNO/c1-20(15-5-3-2-4-6-15)16(21)17-8-13-7-14(9-17)11-18(19,10-13)12-17/h2-6,13-14H,7-12H2,1H3/t13-,14-,17?,18?/m1/s1. The predicted octanol–water partition coefficient (Wildman–Crippen LogP) is 4.23. The van der Waals surface area contributed by atoms with E-state index in [0.717, 1.165) is 37.8 Å². The van der Waals surface area contributed by atoms with Gasteiger partial charge in [-0.15, -0.1) is 11.6 Å². The fourth-order valence-electron chi connectivity index (χ4n) is 5.53. The number of benzene rings is 1. The third-order valence-electron chi connectivity index (χ3n) is 5.89. The number of rotatable bonds is 2. The van der Waals surface area contributed by atoms with Gasteiger partial charge < -0.3 is 4.90 Å². The van der Waals surface area contributed by atoms with Gasteiger partial charge in [-0.05, 0) is 62.5 Å². The molecule has 0 unspecified atom stereocenters. The molecule has 5 rings (SSSR count). The van der Waals surface area contributed by atoms with Gasteiger partial charge in [0.25, 0.3) is 0 Å². The van der Waals surface area contributed by atoms with Gasteiger partial charge in [-0.25, -0.2) is 0 Å². The molecule has 4 aliphatic rings. The minimum absolute atomic E-state index is 0.0999. The Hall–Kier alpha value is -1.02. The lowest BCUT2D eigenvalue weighted by Crippen LogP contribution is -2.58. The van der Waals surface area contributed by atoms with Crippen LogP contribution in [0.15, 0.2) is 30.3 Å². The lowest BCUT2D eigenvalue weighted by Gasteiger charge is -2.59. The molecule has 1 amide bonds. The molecule has 0 radical (unpaired) electrons. The first-order chi connectivity index (χ1) is 10.00. The van der Waals surface area contributed by atoms with E-state index in [2.05, 4.69) is 0 Å². The van der Waals surface area contributed by atoms with E-state index in [-0.39, 0.29) is 16.2 Å². The molecule has 3 heteroatoms. The zero-order valence-corrected chi connectivity index (χ0v) is 13.3. The van der Waals surface area contributed by atoms with E-state index in [4.69, 9.17) is 11.6 Å². The molecule has 0 N–H and O–H groups in total. The number of hydrogen-bond acceptors (Lipinski definition) is 1. The van der Waals surface area contributed by atoms with Crippen molar-refractivity contribution in [1.29, 1.82) is 0 Å². The van der Waals surface area contributed by atoms with Crippen LogP contribution in [0.4, 0.5) is 5.69 Å². The maximum atomic E-state index is 13.2. The second-order valence-electron chi connectivity index (χ2n) is 7.59. The third kappa shape index (κ3) is 2.11. The summed E-state index contributed by atoms with van der Waals surface area (Å²) in [7, 11) is 1.91. The maximum Gasteiger partial charge on any atom is 0.233 e. The monoisotopic (exact) mass is 303 g/mol. The number of carbonyl (C=O) groups is 1. The van der Waals surface area contributed by atoms with E-state index in [1.807, 2.05) is 42.3 Å². The smallest absolute Gasteiger partial charge is 0.233 e. The number of hydrogen-bond donors (Lipinski definition) is 0. The van der Waals surface area contributed by atoms with Crippen LogP contribution in [0.5, 0.6) is 0 Å². The highest BCUT2D eigenvalue weighted by Gasteiger charge is 2.60. The Bertz CT molecular complexity index is 556. The van der Waals surface area contributed by atoms with Crippen molar-refractivity contribution in [3.8, 4) is 0 Å². The van der Waals surface area contributed by atoms with Crippen molar-refractivity contribution in [2.45, 2.75) is 43.4 Å². The van der Waals surface area contributed by atoms with E-state index >= 15 is 0 Å².